The molecule has 3 heterocycles. The number of halogens is 1. The Hall–Kier alpha value is -1.30. The minimum atomic E-state index is 0. The van der Waals surface area contributed by atoms with E-state index in [0.717, 1.165) is 25.3 Å². The predicted molar refractivity (Wildman–Crippen MR) is 78.5 cm³/mol. The van der Waals surface area contributed by atoms with Gasteiger partial charge < -0.3 is 14.7 Å². The lowest BCUT2D eigenvalue weighted by Crippen LogP contribution is -2.27. The van der Waals surface area contributed by atoms with Crippen molar-refractivity contribution >= 4 is 12.4 Å². The fraction of sp³-hybridized carbons (Fsp3) is 0.500. The van der Waals surface area contributed by atoms with Crippen LogP contribution in [0, 0.1) is 5.92 Å². The van der Waals surface area contributed by atoms with E-state index < -0.39 is 0 Å². The highest BCUT2D eigenvalue weighted by molar-refractivity contribution is 5.85. The van der Waals surface area contributed by atoms with Crippen LogP contribution < -0.4 is 5.73 Å². The molecule has 2 aromatic heterocycles. The van der Waals surface area contributed by atoms with Crippen molar-refractivity contribution < 1.29 is 8.94 Å². The second-order valence-corrected chi connectivity index (χ2v) is 5.28. The van der Waals surface area contributed by atoms with Gasteiger partial charge in [-0.1, -0.05) is 5.16 Å². The van der Waals surface area contributed by atoms with Crippen LogP contribution >= 0.6 is 12.4 Å². The molecular formula is C14H20ClN3O2. The van der Waals surface area contributed by atoms with Crippen LogP contribution in [0.1, 0.15) is 19.0 Å². The van der Waals surface area contributed by atoms with Crippen LogP contribution in [-0.2, 0) is 6.54 Å². The van der Waals surface area contributed by atoms with Crippen LogP contribution in [0.15, 0.2) is 33.4 Å². The Labute approximate surface area is 124 Å². The number of nitrogens with two attached hydrogens (primary N) is 1. The van der Waals surface area contributed by atoms with Gasteiger partial charge in [-0.05, 0) is 37.9 Å². The number of nitrogens with zero attached hydrogens (tertiary/aromatic N) is 2. The van der Waals surface area contributed by atoms with Crippen LogP contribution in [0.4, 0.5) is 0 Å². The zero-order chi connectivity index (χ0) is 13.2. The number of hydrogen-bond acceptors (Lipinski definition) is 5. The van der Waals surface area contributed by atoms with Crippen LogP contribution in [0.2, 0.25) is 0 Å². The highest BCUT2D eigenvalue weighted by atomic mass is 35.5. The third-order valence-corrected chi connectivity index (χ3v) is 3.81. The van der Waals surface area contributed by atoms with E-state index >= 15 is 0 Å². The van der Waals surface area contributed by atoms with Crippen molar-refractivity contribution in [1.82, 2.24) is 10.1 Å². The molecule has 0 amide bonds. The van der Waals surface area contributed by atoms with Crippen LogP contribution in [0.5, 0.6) is 0 Å². The van der Waals surface area contributed by atoms with Gasteiger partial charge in [0.2, 0.25) is 5.76 Å². The average Bonchev–Trinajstić information content (AvgIpc) is 3.11. The lowest BCUT2D eigenvalue weighted by atomic mass is 10.1. The lowest BCUT2D eigenvalue weighted by molar-refractivity contribution is 0.247. The van der Waals surface area contributed by atoms with E-state index in [-0.39, 0.29) is 12.4 Å². The first-order chi connectivity index (χ1) is 9.26. The van der Waals surface area contributed by atoms with E-state index in [4.69, 9.17) is 14.7 Å². The molecule has 110 valence electrons. The topological polar surface area (TPSA) is 68.4 Å². The average molecular weight is 298 g/mol. The Kier molecular flexibility index (Phi) is 4.86. The van der Waals surface area contributed by atoms with E-state index in [0.29, 0.717) is 23.5 Å². The molecule has 0 aliphatic carbocycles. The minimum Gasteiger partial charge on any atom is -0.461 e. The molecule has 2 aromatic rings. The van der Waals surface area contributed by atoms with Crippen molar-refractivity contribution in [3.8, 4) is 11.5 Å². The maximum absolute atomic E-state index is 5.75. The zero-order valence-corrected chi connectivity index (χ0v) is 12.3. The second-order valence-electron chi connectivity index (χ2n) is 5.28. The molecule has 2 atom stereocenters. The van der Waals surface area contributed by atoms with Crippen molar-refractivity contribution in [3.05, 3.63) is 30.2 Å². The van der Waals surface area contributed by atoms with Gasteiger partial charge in [0, 0.05) is 25.2 Å². The molecule has 1 saturated heterocycles. The molecule has 0 aromatic carbocycles. The van der Waals surface area contributed by atoms with E-state index in [2.05, 4.69) is 17.0 Å². The Bertz CT molecular complexity index is 526. The summed E-state index contributed by atoms with van der Waals surface area (Å²) in [5.41, 5.74) is 6.69. The van der Waals surface area contributed by atoms with Crippen LogP contribution in [0.3, 0.4) is 0 Å². The SMILES string of the molecule is CC1CC(CN)CN1Cc1cc(-c2ccco2)on1.Cl. The Morgan fingerprint density at radius 3 is 2.95 bits per heavy atom. The fourth-order valence-corrected chi connectivity index (χ4v) is 2.74. The molecule has 2 unspecified atom stereocenters. The first-order valence-corrected chi connectivity index (χ1v) is 6.70. The summed E-state index contributed by atoms with van der Waals surface area (Å²) in [5.74, 6) is 2.00. The quantitative estimate of drug-likeness (QED) is 0.939. The zero-order valence-electron chi connectivity index (χ0n) is 11.5. The normalized spacial score (nSPS) is 22.9. The first-order valence-electron chi connectivity index (χ1n) is 6.70. The van der Waals surface area contributed by atoms with Gasteiger partial charge in [-0.15, -0.1) is 12.4 Å². The largest absolute Gasteiger partial charge is 0.461 e. The fourth-order valence-electron chi connectivity index (χ4n) is 2.74. The van der Waals surface area contributed by atoms with Crippen molar-refractivity contribution in [1.29, 1.82) is 0 Å². The van der Waals surface area contributed by atoms with Gasteiger partial charge in [-0.25, -0.2) is 0 Å². The van der Waals surface area contributed by atoms with E-state index in [1.165, 1.54) is 6.42 Å². The highest BCUT2D eigenvalue weighted by Crippen LogP contribution is 2.26. The number of likely N-dealkylation sites (tertiary alicyclic amines) is 1. The second kappa shape index (κ2) is 6.43. The number of rotatable bonds is 4. The maximum Gasteiger partial charge on any atom is 0.202 e. The van der Waals surface area contributed by atoms with Gasteiger partial charge in [0.15, 0.2) is 5.76 Å². The van der Waals surface area contributed by atoms with Crippen molar-refractivity contribution in [2.45, 2.75) is 25.9 Å². The number of furan rings is 1. The highest BCUT2D eigenvalue weighted by Gasteiger charge is 2.28. The summed E-state index contributed by atoms with van der Waals surface area (Å²) in [6.07, 6.45) is 2.80. The molecule has 20 heavy (non-hydrogen) atoms. The third-order valence-electron chi connectivity index (χ3n) is 3.81. The van der Waals surface area contributed by atoms with Gasteiger partial charge >= 0.3 is 0 Å². The van der Waals surface area contributed by atoms with Crippen molar-refractivity contribution in [2.75, 3.05) is 13.1 Å². The van der Waals surface area contributed by atoms with Gasteiger partial charge in [-0.3, -0.25) is 4.90 Å². The van der Waals surface area contributed by atoms with Crippen molar-refractivity contribution in [2.24, 2.45) is 11.7 Å². The van der Waals surface area contributed by atoms with E-state index in [9.17, 15) is 0 Å². The Morgan fingerprint density at radius 2 is 2.30 bits per heavy atom. The summed E-state index contributed by atoms with van der Waals surface area (Å²) < 4.78 is 10.6. The summed E-state index contributed by atoms with van der Waals surface area (Å²) in [6, 6.07) is 6.21. The molecule has 0 bridgehead atoms. The summed E-state index contributed by atoms with van der Waals surface area (Å²) in [7, 11) is 0. The monoisotopic (exact) mass is 297 g/mol. The van der Waals surface area contributed by atoms with Gasteiger partial charge in [0.05, 0.1) is 12.0 Å². The van der Waals surface area contributed by atoms with E-state index in [1.807, 2.05) is 18.2 Å². The van der Waals surface area contributed by atoms with Crippen molar-refractivity contribution in [3.63, 3.8) is 0 Å². The van der Waals surface area contributed by atoms with Crippen LogP contribution in [0.25, 0.3) is 11.5 Å². The van der Waals surface area contributed by atoms with Gasteiger partial charge in [0.1, 0.15) is 0 Å². The first kappa shape index (κ1) is 15.1. The van der Waals surface area contributed by atoms with E-state index in [1.54, 1.807) is 6.26 Å². The molecule has 6 heteroatoms. The molecule has 5 nitrogen and oxygen atoms in total. The Morgan fingerprint density at radius 1 is 1.45 bits per heavy atom. The summed E-state index contributed by atoms with van der Waals surface area (Å²) in [6.45, 7) is 4.85. The standard InChI is InChI=1S/C14H19N3O2.ClH/c1-10-5-11(7-15)8-17(10)9-12-6-14(19-16-12)13-3-2-4-18-13;/h2-4,6,10-11H,5,7-9,15H2,1H3;1H. The summed E-state index contributed by atoms with van der Waals surface area (Å²) >= 11 is 0. The molecular weight excluding hydrogens is 278 g/mol. The molecule has 2 N–H and O–H groups in total. The Balaban J connectivity index is 0.00000147. The lowest BCUT2D eigenvalue weighted by Gasteiger charge is -2.19. The maximum atomic E-state index is 5.75. The molecule has 1 aliphatic heterocycles. The van der Waals surface area contributed by atoms with Gasteiger partial charge in [0.25, 0.3) is 0 Å². The summed E-state index contributed by atoms with van der Waals surface area (Å²) in [5, 5.41) is 4.11. The summed E-state index contributed by atoms with van der Waals surface area (Å²) in [4.78, 5) is 2.40. The smallest absolute Gasteiger partial charge is 0.202 e. The molecule has 0 spiro atoms. The minimum absolute atomic E-state index is 0. The molecule has 0 saturated carbocycles. The number of aromatic nitrogens is 1. The molecule has 1 fully saturated rings. The van der Waals surface area contributed by atoms with Crippen LogP contribution in [-0.4, -0.2) is 29.2 Å². The molecule has 1 aliphatic rings. The molecule has 0 radical (unpaired) electrons. The van der Waals surface area contributed by atoms with Gasteiger partial charge in [-0.2, -0.15) is 0 Å². The molecule has 3 rings (SSSR count). The third kappa shape index (κ3) is 3.06. The number of hydrogen-bond donors (Lipinski definition) is 1. The predicted octanol–water partition coefficient (Wildman–Crippen LogP) is 2.53.